The maximum atomic E-state index is 5.58. The van der Waals surface area contributed by atoms with Crippen LogP contribution in [0, 0.1) is 0 Å². The highest BCUT2D eigenvalue weighted by Crippen LogP contribution is 2.20. The molecule has 16 heavy (non-hydrogen) atoms. The van der Waals surface area contributed by atoms with Crippen molar-refractivity contribution < 1.29 is 9.47 Å². The summed E-state index contributed by atoms with van der Waals surface area (Å²) in [6.07, 6.45) is 0. The molecule has 1 aromatic carbocycles. The van der Waals surface area contributed by atoms with Gasteiger partial charge >= 0.3 is 0 Å². The first-order valence-corrected chi connectivity index (χ1v) is 6.32. The van der Waals surface area contributed by atoms with Gasteiger partial charge in [0.1, 0.15) is 27.7 Å². The van der Waals surface area contributed by atoms with Gasteiger partial charge in [-0.2, -0.15) is 0 Å². The molecule has 0 saturated carbocycles. The molecule has 0 spiro atoms. The van der Waals surface area contributed by atoms with Crippen LogP contribution >= 0.6 is 27.3 Å². The lowest BCUT2D eigenvalue weighted by Crippen LogP contribution is -1.94. The van der Waals surface area contributed by atoms with Crippen molar-refractivity contribution in [1.29, 1.82) is 0 Å². The summed E-state index contributed by atoms with van der Waals surface area (Å²) >= 11 is 4.87. The minimum absolute atomic E-state index is 0.489. The lowest BCUT2D eigenvalue weighted by atomic mass is 10.3. The van der Waals surface area contributed by atoms with Crippen LogP contribution in [0.3, 0.4) is 0 Å². The molecule has 0 saturated heterocycles. The first-order chi connectivity index (χ1) is 7.78. The van der Waals surface area contributed by atoms with Crippen LogP contribution in [0.4, 0.5) is 0 Å². The van der Waals surface area contributed by atoms with Gasteiger partial charge in [-0.15, -0.1) is 11.3 Å². The average molecular weight is 300 g/mol. The van der Waals surface area contributed by atoms with Gasteiger partial charge in [0.25, 0.3) is 0 Å². The number of benzene rings is 1. The van der Waals surface area contributed by atoms with Crippen molar-refractivity contribution in [3.8, 4) is 11.5 Å². The molecule has 0 amide bonds. The number of methoxy groups -OCH3 is 1. The molecule has 0 atom stereocenters. The molecule has 0 radical (unpaired) electrons. The molecule has 0 bridgehead atoms. The summed E-state index contributed by atoms with van der Waals surface area (Å²) in [5.41, 5.74) is 0. The summed E-state index contributed by atoms with van der Waals surface area (Å²) in [6.45, 7) is 0.489. The second-order valence-electron chi connectivity index (χ2n) is 3.03. The smallest absolute Gasteiger partial charge is 0.140 e. The molecule has 3 nitrogen and oxygen atoms in total. The first-order valence-electron chi connectivity index (χ1n) is 4.64. The van der Waals surface area contributed by atoms with E-state index in [0.29, 0.717) is 6.61 Å². The molecule has 5 heteroatoms. The largest absolute Gasteiger partial charge is 0.497 e. The van der Waals surface area contributed by atoms with Crippen LogP contribution in [0.25, 0.3) is 0 Å². The average Bonchev–Trinajstić information content (AvgIpc) is 2.73. The van der Waals surface area contributed by atoms with Crippen molar-refractivity contribution in [3.05, 3.63) is 39.3 Å². The van der Waals surface area contributed by atoms with E-state index in [1.165, 1.54) is 0 Å². The number of thiazole rings is 1. The monoisotopic (exact) mass is 299 g/mol. The Kier molecular flexibility index (Phi) is 3.79. The molecular formula is C11H10BrNO2S. The van der Waals surface area contributed by atoms with Crippen LogP contribution in [0.2, 0.25) is 0 Å². The molecule has 84 valence electrons. The molecule has 0 aliphatic rings. The van der Waals surface area contributed by atoms with E-state index in [-0.39, 0.29) is 0 Å². The lowest BCUT2D eigenvalue weighted by Gasteiger charge is -2.04. The summed E-state index contributed by atoms with van der Waals surface area (Å²) in [7, 11) is 1.64. The predicted molar refractivity (Wildman–Crippen MR) is 67.1 cm³/mol. The Morgan fingerprint density at radius 3 is 2.50 bits per heavy atom. The van der Waals surface area contributed by atoms with Crippen molar-refractivity contribution in [1.82, 2.24) is 4.98 Å². The SMILES string of the molecule is COc1ccc(OCc2nc(Br)cs2)cc1. The Balaban J connectivity index is 1.94. The number of rotatable bonds is 4. The zero-order valence-electron chi connectivity index (χ0n) is 8.64. The zero-order chi connectivity index (χ0) is 11.4. The van der Waals surface area contributed by atoms with Crippen molar-refractivity contribution in [3.63, 3.8) is 0 Å². The fourth-order valence-corrected chi connectivity index (χ4v) is 2.35. The van der Waals surface area contributed by atoms with Crippen molar-refractivity contribution >= 4 is 27.3 Å². The Hall–Kier alpha value is -1.07. The van der Waals surface area contributed by atoms with E-state index < -0.39 is 0 Å². The topological polar surface area (TPSA) is 31.4 Å². The van der Waals surface area contributed by atoms with Crippen LogP contribution in [0.1, 0.15) is 5.01 Å². The Morgan fingerprint density at radius 1 is 1.25 bits per heavy atom. The van der Waals surface area contributed by atoms with Crippen LogP contribution in [0.15, 0.2) is 34.2 Å². The van der Waals surface area contributed by atoms with Gasteiger partial charge in [-0.05, 0) is 40.2 Å². The fourth-order valence-electron chi connectivity index (χ4n) is 1.17. The minimum atomic E-state index is 0.489. The molecule has 0 unspecified atom stereocenters. The summed E-state index contributed by atoms with van der Waals surface area (Å²) in [6, 6.07) is 7.49. The normalized spacial score (nSPS) is 10.1. The van der Waals surface area contributed by atoms with Gasteiger partial charge in [0.15, 0.2) is 0 Å². The first kappa shape index (κ1) is 11.4. The van der Waals surface area contributed by atoms with Crippen LogP contribution in [0.5, 0.6) is 11.5 Å². The van der Waals surface area contributed by atoms with Gasteiger partial charge in [-0.3, -0.25) is 0 Å². The third-order valence-corrected chi connectivity index (χ3v) is 3.48. The van der Waals surface area contributed by atoms with Crippen LogP contribution < -0.4 is 9.47 Å². The van der Waals surface area contributed by atoms with Crippen LogP contribution in [-0.2, 0) is 6.61 Å². The van der Waals surface area contributed by atoms with Gasteiger partial charge in [0.2, 0.25) is 0 Å². The van der Waals surface area contributed by atoms with Gasteiger partial charge < -0.3 is 9.47 Å². The Morgan fingerprint density at radius 2 is 1.94 bits per heavy atom. The van der Waals surface area contributed by atoms with Gasteiger partial charge in [0, 0.05) is 5.38 Å². The minimum Gasteiger partial charge on any atom is -0.497 e. The van der Waals surface area contributed by atoms with E-state index in [0.717, 1.165) is 21.1 Å². The van der Waals surface area contributed by atoms with E-state index in [1.807, 2.05) is 29.6 Å². The highest BCUT2D eigenvalue weighted by molar-refractivity contribution is 9.10. The van der Waals surface area contributed by atoms with Crippen molar-refractivity contribution in [2.24, 2.45) is 0 Å². The number of aromatic nitrogens is 1. The zero-order valence-corrected chi connectivity index (χ0v) is 11.0. The molecule has 0 fully saturated rings. The molecule has 1 aromatic heterocycles. The van der Waals surface area contributed by atoms with Gasteiger partial charge in [0.05, 0.1) is 7.11 Å². The van der Waals surface area contributed by atoms with Gasteiger partial charge in [-0.25, -0.2) is 4.98 Å². The second kappa shape index (κ2) is 5.32. The molecule has 1 heterocycles. The standard InChI is InChI=1S/C11H10BrNO2S/c1-14-8-2-4-9(5-3-8)15-6-11-13-10(12)7-16-11/h2-5,7H,6H2,1H3. The number of halogens is 1. The van der Waals surface area contributed by atoms with E-state index in [9.17, 15) is 0 Å². The van der Waals surface area contributed by atoms with E-state index in [4.69, 9.17) is 9.47 Å². The molecular weight excluding hydrogens is 290 g/mol. The highest BCUT2D eigenvalue weighted by atomic mass is 79.9. The Labute approximate surface area is 106 Å². The second-order valence-corrected chi connectivity index (χ2v) is 4.78. The number of nitrogens with zero attached hydrogens (tertiary/aromatic N) is 1. The molecule has 2 rings (SSSR count). The summed E-state index contributed by atoms with van der Waals surface area (Å²) < 4.78 is 11.5. The van der Waals surface area contributed by atoms with E-state index in [2.05, 4.69) is 20.9 Å². The van der Waals surface area contributed by atoms with Crippen molar-refractivity contribution in [2.45, 2.75) is 6.61 Å². The van der Waals surface area contributed by atoms with Crippen LogP contribution in [-0.4, -0.2) is 12.1 Å². The number of ether oxygens (including phenoxy) is 2. The summed E-state index contributed by atoms with van der Waals surface area (Å²) in [5.74, 6) is 1.64. The van der Waals surface area contributed by atoms with E-state index >= 15 is 0 Å². The summed E-state index contributed by atoms with van der Waals surface area (Å²) in [5, 5.41) is 2.88. The van der Waals surface area contributed by atoms with E-state index in [1.54, 1.807) is 18.4 Å². The maximum absolute atomic E-state index is 5.58. The number of hydrogen-bond donors (Lipinski definition) is 0. The predicted octanol–water partition coefficient (Wildman–Crippen LogP) is 3.49. The Bertz CT molecular complexity index is 455. The van der Waals surface area contributed by atoms with Gasteiger partial charge in [-0.1, -0.05) is 0 Å². The molecule has 2 aromatic rings. The third kappa shape index (κ3) is 2.96. The number of hydrogen-bond acceptors (Lipinski definition) is 4. The third-order valence-electron chi connectivity index (χ3n) is 1.95. The quantitative estimate of drug-likeness (QED) is 0.866. The lowest BCUT2D eigenvalue weighted by molar-refractivity contribution is 0.304. The molecule has 0 aliphatic heterocycles. The molecule has 0 N–H and O–H groups in total. The maximum Gasteiger partial charge on any atom is 0.140 e. The summed E-state index contributed by atoms with van der Waals surface area (Å²) in [4.78, 5) is 4.24. The molecule has 0 aliphatic carbocycles. The highest BCUT2D eigenvalue weighted by Gasteiger charge is 2.01. The fraction of sp³-hybridized carbons (Fsp3) is 0.182. The van der Waals surface area contributed by atoms with Crippen molar-refractivity contribution in [2.75, 3.05) is 7.11 Å².